The lowest BCUT2D eigenvalue weighted by molar-refractivity contribution is 0.0925. The van der Waals surface area contributed by atoms with Gasteiger partial charge in [0, 0.05) is 17.2 Å². The standard InChI is InChI=1S/C34H38N4O4S/c1-6-34(7-2,8-3)26-17-15-24(16-18-26)29-21-35-32(39)25-13-10-14-27(19-25)43(40,41)38-33-36-28(20-30(37-33)42-29)31-22(4)11-9-12-23(31)5/h9-20,29H,6-8,21H2,1-5H3,(H,35,39)(H,36,37,38)/t29-/m0/s1. The highest BCUT2D eigenvalue weighted by atomic mass is 32.2. The van der Waals surface area contributed by atoms with Crippen molar-refractivity contribution in [3.63, 3.8) is 0 Å². The van der Waals surface area contributed by atoms with Gasteiger partial charge in [0.25, 0.3) is 15.9 Å². The van der Waals surface area contributed by atoms with Crippen molar-refractivity contribution < 1.29 is 17.9 Å². The Hall–Kier alpha value is -4.24. The third kappa shape index (κ3) is 6.13. The fourth-order valence-corrected chi connectivity index (χ4v) is 6.92. The van der Waals surface area contributed by atoms with E-state index < -0.39 is 22.0 Å². The fourth-order valence-electron chi connectivity index (χ4n) is 5.94. The molecule has 1 aliphatic heterocycles. The summed E-state index contributed by atoms with van der Waals surface area (Å²) >= 11 is 0. The third-order valence-electron chi connectivity index (χ3n) is 8.71. The van der Waals surface area contributed by atoms with Crippen LogP contribution < -0.4 is 14.8 Å². The number of fused-ring (bicyclic) bond motifs is 4. The molecule has 0 saturated heterocycles. The number of ether oxygens (including phenoxy) is 1. The average Bonchev–Trinajstić information content (AvgIpc) is 3.00. The molecular formula is C34H38N4O4S. The Morgan fingerprint density at radius 2 is 1.53 bits per heavy atom. The topological polar surface area (TPSA) is 110 Å². The molecule has 43 heavy (non-hydrogen) atoms. The minimum Gasteiger partial charge on any atom is -0.467 e. The predicted molar refractivity (Wildman–Crippen MR) is 169 cm³/mol. The number of benzene rings is 3. The van der Waals surface area contributed by atoms with E-state index in [0.717, 1.165) is 41.5 Å². The molecular weight excluding hydrogens is 560 g/mol. The number of nitrogens with zero attached hydrogens (tertiary/aromatic N) is 2. The number of rotatable bonds is 6. The number of hydrogen-bond acceptors (Lipinski definition) is 6. The molecule has 9 heteroatoms. The molecule has 4 aromatic rings. The van der Waals surface area contributed by atoms with Crippen LogP contribution in [0.15, 0.2) is 77.7 Å². The number of aryl methyl sites for hydroxylation is 2. The number of sulfonamides is 1. The van der Waals surface area contributed by atoms with E-state index in [9.17, 15) is 13.2 Å². The predicted octanol–water partition coefficient (Wildman–Crippen LogP) is 6.89. The van der Waals surface area contributed by atoms with E-state index in [1.807, 2.05) is 44.2 Å². The van der Waals surface area contributed by atoms with E-state index in [4.69, 9.17) is 4.74 Å². The largest absolute Gasteiger partial charge is 0.467 e. The van der Waals surface area contributed by atoms with Crippen LogP contribution in [0.2, 0.25) is 0 Å². The van der Waals surface area contributed by atoms with Crippen LogP contribution in [0.25, 0.3) is 11.3 Å². The number of hydrogen-bond donors (Lipinski definition) is 2. The second-order valence-electron chi connectivity index (χ2n) is 11.1. The Kier molecular flexibility index (Phi) is 8.55. The highest BCUT2D eigenvalue weighted by Gasteiger charge is 2.27. The third-order valence-corrected chi connectivity index (χ3v) is 10.0. The van der Waals surface area contributed by atoms with Crippen LogP contribution in [0.5, 0.6) is 5.88 Å². The molecule has 1 atom stereocenters. The molecule has 1 aliphatic rings. The van der Waals surface area contributed by atoms with Gasteiger partial charge in [-0.25, -0.2) is 18.1 Å². The quantitative estimate of drug-likeness (QED) is 0.250. The summed E-state index contributed by atoms with van der Waals surface area (Å²) in [5.74, 6) is -0.339. The second-order valence-corrected chi connectivity index (χ2v) is 12.8. The van der Waals surface area contributed by atoms with E-state index in [-0.39, 0.29) is 34.2 Å². The normalized spacial score (nSPS) is 16.5. The molecule has 3 aromatic carbocycles. The molecule has 2 heterocycles. The Morgan fingerprint density at radius 3 is 2.19 bits per heavy atom. The number of anilines is 1. The van der Waals surface area contributed by atoms with Crippen LogP contribution >= 0.6 is 0 Å². The van der Waals surface area contributed by atoms with Crippen molar-refractivity contribution in [2.45, 2.75) is 70.3 Å². The van der Waals surface area contributed by atoms with Crippen molar-refractivity contribution in [3.8, 4) is 17.1 Å². The highest BCUT2D eigenvalue weighted by Crippen LogP contribution is 2.36. The van der Waals surface area contributed by atoms with Crippen molar-refractivity contribution >= 4 is 21.9 Å². The summed E-state index contributed by atoms with van der Waals surface area (Å²) in [6.07, 6.45) is 2.51. The average molecular weight is 599 g/mol. The van der Waals surface area contributed by atoms with Crippen LogP contribution in [0, 0.1) is 13.8 Å². The van der Waals surface area contributed by atoms with E-state index >= 15 is 0 Å². The fraction of sp³-hybridized carbons (Fsp3) is 0.324. The lowest BCUT2D eigenvalue weighted by atomic mass is 9.73. The van der Waals surface area contributed by atoms with Gasteiger partial charge in [-0.3, -0.25) is 4.79 Å². The molecule has 4 bridgehead atoms. The maximum Gasteiger partial charge on any atom is 0.264 e. The number of carbonyl (C=O) groups is 1. The molecule has 0 radical (unpaired) electrons. The van der Waals surface area contributed by atoms with Crippen LogP contribution in [0.3, 0.4) is 0 Å². The van der Waals surface area contributed by atoms with Gasteiger partial charge in [0.15, 0.2) is 0 Å². The molecule has 224 valence electrons. The van der Waals surface area contributed by atoms with Gasteiger partial charge in [-0.15, -0.1) is 0 Å². The zero-order chi connectivity index (χ0) is 30.8. The first-order valence-corrected chi connectivity index (χ1v) is 16.2. The van der Waals surface area contributed by atoms with Gasteiger partial charge < -0.3 is 10.1 Å². The van der Waals surface area contributed by atoms with E-state index in [0.29, 0.717) is 5.69 Å². The maximum atomic E-state index is 13.4. The van der Waals surface area contributed by atoms with Gasteiger partial charge in [-0.05, 0) is 79.0 Å². The van der Waals surface area contributed by atoms with Gasteiger partial charge in [0.05, 0.1) is 17.1 Å². The van der Waals surface area contributed by atoms with Crippen molar-refractivity contribution in [1.29, 1.82) is 0 Å². The molecule has 0 aliphatic carbocycles. The summed E-state index contributed by atoms with van der Waals surface area (Å²) in [7, 11) is -4.10. The van der Waals surface area contributed by atoms with Crippen LogP contribution in [-0.4, -0.2) is 30.8 Å². The molecule has 0 saturated carbocycles. The molecule has 2 N–H and O–H groups in total. The number of amides is 1. The monoisotopic (exact) mass is 598 g/mol. The van der Waals surface area contributed by atoms with E-state index in [1.165, 1.54) is 23.8 Å². The lowest BCUT2D eigenvalue weighted by Gasteiger charge is -2.31. The molecule has 0 fully saturated rings. The Morgan fingerprint density at radius 1 is 0.884 bits per heavy atom. The molecule has 1 amide bonds. The molecule has 5 rings (SSSR count). The zero-order valence-corrected chi connectivity index (χ0v) is 26.1. The van der Waals surface area contributed by atoms with Crippen molar-refractivity contribution in [1.82, 2.24) is 15.3 Å². The number of nitrogens with one attached hydrogen (secondary N) is 2. The van der Waals surface area contributed by atoms with Gasteiger partial charge in [-0.1, -0.05) is 69.3 Å². The number of carbonyl (C=O) groups excluding carboxylic acids is 1. The van der Waals surface area contributed by atoms with Crippen molar-refractivity contribution in [2.24, 2.45) is 0 Å². The van der Waals surface area contributed by atoms with Gasteiger partial charge >= 0.3 is 0 Å². The first-order valence-electron chi connectivity index (χ1n) is 14.7. The summed E-state index contributed by atoms with van der Waals surface area (Å²) in [5, 5.41) is 2.93. The Balaban J connectivity index is 1.64. The smallest absolute Gasteiger partial charge is 0.264 e. The summed E-state index contributed by atoms with van der Waals surface area (Å²) in [4.78, 5) is 22.2. The summed E-state index contributed by atoms with van der Waals surface area (Å²) in [6.45, 7) is 10.8. The maximum absolute atomic E-state index is 13.4. The van der Waals surface area contributed by atoms with Crippen molar-refractivity contribution in [2.75, 3.05) is 11.3 Å². The van der Waals surface area contributed by atoms with Crippen molar-refractivity contribution in [3.05, 3.63) is 101 Å². The zero-order valence-electron chi connectivity index (χ0n) is 25.3. The summed E-state index contributed by atoms with van der Waals surface area (Å²) in [6, 6.07) is 21.9. The Labute approximate surface area is 254 Å². The first kappa shape index (κ1) is 30.2. The van der Waals surface area contributed by atoms with Gasteiger partial charge in [0.1, 0.15) is 6.10 Å². The lowest BCUT2D eigenvalue weighted by Crippen LogP contribution is -2.31. The summed E-state index contributed by atoms with van der Waals surface area (Å²) in [5.41, 5.74) is 5.81. The number of aromatic nitrogens is 2. The van der Waals surface area contributed by atoms with Crippen LogP contribution in [-0.2, 0) is 15.4 Å². The first-order chi connectivity index (χ1) is 20.6. The van der Waals surface area contributed by atoms with E-state index in [2.05, 4.69) is 52.9 Å². The molecule has 1 aromatic heterocycles. The summed E-state index contributed by atoms with van der Waals surface area (Å²) < 4.78 is 35.7. The molecule has 0 spiro atoms. The minimum absolute atomic E-state index is 0.0682. The second kappa shape index (κ2) is 12.2. The van der Waals surface area contributed by atoms with Gasteiger partial charge in [0.2, 0.25) is 11.8 Å². The minimum atomic E-state index is -4.10. The van der Waals surface area contributed by atoms with Gasteiger partial charge in [-0.2, -0.15) is 4.98 Å². The van der Waals surface area contributed by atoms with Crippen LogP contribution in [0.1, 0.15) is 78.7 Å². The Bertz CT molecular complexity index is 1720. The molecule has 0 unspecified atom stereocenters. The van der Waals surface area contributed by atoms with Crippen LogP contribution in [0.4, 0.5) is 5.95 Å². The highest BCUT2D eigenvalue weighted by molar-refractivity contribution is 7.92. The van der Waals surface area contributed by atoms with E-state index in [1.54, 1.807) is 12.1 Å². The molecule has 8 nitrogen and oxygen atoms in total. The SMILES string of the molecule is CCC(CC)(CC)c1ccc([C@@H]2CNC(=O)c3cccc(c3)S(=O)(=O)Nc3nc(cc(-c4c(C)cccc4C)n3)O2)cc1.